The van der Waals surface area contributed by atoms with Crippen LogP contribution in [-0.2, 0) is 17.7 Å². The average Bonchev–Trinajstić information content (AvgIpc) is 3.18. The SMILES string of the molecule is C#Cc1cccc(NC(=O)c2nnn(-c3cccc4c3CCN(CCOC)C4)c2C)c1. The van der Waals surface area contributed by atoms with Gasteiger partial charge in [-0.05, 0) is 48.7 Å². The van der Waals surface area contributed by atoms with Gasteiger partial charge in [-0.25, -0.2) is 4.68 Å². The van der Waals surface area contributed by atoms with Gasteiger partial charge in [-0.15, -0.1) is 11.5 Å². The number of ether oxygens (including phenoxy) is 1. The molecule has 158 valence electrons. The predicted molar refractivity (Wildman–Crippen MR) is 119 cm³/mol. The van der Waals surface area contributed by atoms with E-state index in [2.05, 4.69) is 32.5 Å². The summed E-state index contributed by atoms with van der Waals surface area (Å²) in [6.45, 7) is 5.33. The normalized spacial score (nSPS) is 13.5. The minimum absolute atomic E-state index is 0.293. The molecule has 1 N–H and O–H groups in total. The quantitative estimate of drug-likeness (QED) is 0.627. The molecule has 0 radical (unpaired) electrons. The lowest BCUT2D eigenvalue weighted by atomic mass is 9.97. The average molecular weight is 415 g/mol. The Hall–Kier alpha value is -3.47. The summed E-state index contributed by atoms with van der Waals surface area (Å²) in [5, 5.41) is 11.3. The van der Waals surface area contributed by atoms with Crippen molar-refractivity contribution in [2.24, 2.45) is 0 Å². The molecule has 0 unspecified atom stereocenters. The first-order chi connectivity index (χ1) is 15.1. The Morgan fingerprint density at radius 1 is 1.29 bits per heavy atom. The number of rotatable bonds is 6. The van der Waals surface area contributed by atoms with Gasteiger partial charge in [0.15, 0.2) is 5.69 Å². The van der Waals surface area contributed by atoms with Gasteiger partial charge in [0.05, 0.1) is 18.0 Å². The van der Waals surface area contributed by atoms with E-state index in [9.17, 15) is 4.79 Å². The smallest absolute Gasteiger partial charge is 0.278 e. The van der Waals surface area contributed by atoms with Crippen LogP contribution in [0.1, 0.15) is 32.9 Å². The molecule has 0 spiro atoms. The molecule has 1 aromatic heterocycles. The number of fused-ring (bicyclic) bond motifs is 1. The van der Waals surface area contributed by atoms with Gasteiger partial charge in [-0.2, -0.15) is 0 Å². The van der Waals surface area contributed by atoms with E-state index in [-0.39, 0.29) is 5.91 Å². The number of nitrogens with zero attached hydrogens (tertiary/aromatic N) is 4. The minimum atomic E-state index is -0.312. The monoisotopic (exact) mass is 415 g/mol. The van der Waals surface area contributed by atoms with E-state index in [0.29, 0.717) is 22.6 Å². The number of aromatic nitrogens is 3. The summed E-state index contributed by atoms with van der Waals surface area (Å²) in [6, 6.07) is 13.4. The minimum Gasteiger partial charge on any atom is -0.383 e. The van der Waals surface area contributed by atoms with E-state index >= 15 is 0 Å². The molecule has 2 aromatic carbocycles. The molecule has 1 aliphatic heterocycles. The van der Waals surface area contributed by atoms with Crippen molar-refractivity contribution in [2.45, 2.75) is 19.9 Å². The topological polar surface area (TPSA) is 72.3 Å². The van der Waals surface area contributed by atoms with E-state index in [1.54, 1.807) is 30.0 Å². The van der Waals surface area contributed by atoms with Crippen molar-refractivity contribution in [1.29, 1.82) is 0 Å². The summed E-state index contributed by atoms with van der Waals surface area (Å²) in [6.07, 6.45) is 6.35. The number of anilines is 1. The van der Waals surface area contributed by atoms with Crippen molar-refractivity contribution in [2.75, 3.05) is 32.1 Å². The highest BCUT2D eigenvalue weighted by molar-refractivity contribution is 6.03. The zero-order valence-corrected chi connectivity index (χ0v) is 17.8. The Kier molecular flexibility index (Phi) is 6.12. The molecule has 0 saturated carbocycles. The Bertz CT molecular complexity index is 1150. The highest BCUT2D eigenvalue weighted by atomic mass is 16.5. The van der Waals surface area contributed by atoms with Crippen LogP contribution in [0.3, 0.4) is 0 Å². The molecule has 7 heteroatoms. The third-order valence-corrected chi connectivity index (χ3v) is 5.56. The summed E-state index contributed by atoms with van der Waals surface area (Å²) < 4.78 is 6.97. The maximum atomic E-state index is 12.8. The summed E-state index contributed by atoms with van der Waals surface area (Å²) in [4.78, 5) is 15.2. The lowest BCUT2D eigenvalue weighted by Crippen LogP contribution is -2.33. The number of terminal acetylenes is 1. The van der Waals surface area contributed by atoms with Crippen LogP contribution in [0, 0.1) is 19.3 Å². The highest BCUT2D eigenvalue weighted by Crippen LogP contribution is 2.26. The third kappa shape index (κ3) is 4.36. The first-order valence-electron chi connectivity index (χ1n) is 10.2. The molecular formula is C24H25N5O2. The van der Waals surface area contributed by atoms with Crippen LogP contribution in [0.15, 0.2) is 42.5 Å². The largest absolute Gasteiger partial charge is 0.383 e. The fraction of sp³-hybridized carbons (Fsp3) is 0.292. The van der Waals surface area contributed by atoms with Crippen molar-refractivity contribution in [3.63, 3.8) is 0 Å². The molecule has 0 saturated heterocycles. The first-order valence-corrected chi connectivity index (χ1v) is 10.2. The summed E-state index contributed by atoms with van der Waals surface area (Å²) in [5.41, 5.74) is 5.81. The van der Waals surface area contributed by atoms with Gasteiger partial charge in [0, 0.05) is 38.0 Å². The second-order valence-corrected chi connectivity index (χ2v) is 7.55. The van der Waals surface area contributed by atoms with Gasteiger partial charge in [-0.1, -0.05) is 29.3 Å². The zero-order valence-electron chi connectivity index (χ0n) is 17.8. The maximum absolute atomic E-state index is 12.8. The van der Waals surface area contributed by atoms with Gasteiger partial charge in [0.2, 0.25) is 0 Å². The lowest BCUT2D eigenvalue weighted by molar-refractivity contribution is 0.102. The molecule has 0 bridgehead atoms. The van der Waals surface area contributed by atoms with Gasteiger partial charge in [0.25, 0.3) is 5.91 Å². The molecular weight excluding hydrogens is 390 g/mol. The Balaban J connectivity index is 1.58. The molecule has 2 heterocycles. The highest BCUT2D eigenvalue weighted by Gasteiger charge is 2.23. The van der Waals surface area contributed by atoms with Gasteiger partial charge in [-0.3, -0.25) is 9.69 Å². The van der Waals surface area contributed by atoms with E-state index in [1.807, 2.05) is 25.1 Å². The summed E-state index contributed by atoms with van der Waals surface area (Å²) in [7, 11) is 1.73. The second-order valence-electron chi connectivity index (χ2n) is 7.55. The summed E-state index contributed by atoms with van der Waals surface area (Å²) in [5.74, 6) is 2.26. The van der Waals surface area contributed by atoms with Crippen LogP contribution in [0.5, 0.6) is 0 Å². The molecule has 4 rings (SSSR count). The van der Waals surface area contributed by atoms with E-state index in [4.69, 9.17) is 11.2 Å². The number of methoxy groups -OCH3 is 1. The molecule has 7 nitrogen and oxygen atoms in total. The van der Waals surface area contributed by atoms with Crippen LogP contribution in [0.4, 0.5) is 5.69 Å². The van der Waals surface area contributed by atoms with Crippen molar-refractivity contribution < 1.29 is 9.53 Å². The molecule has 31 heavy (non-hydrogen) atoms. The Morgan fingerprint density at radius 2 is 2.13 bits per heavy atom. The van der Waals surface area contributed by atoms with Crippen molar-refractivity contribution in [3.05, 3.63) is 70.5 Å². The van der Waals surface area contributed by atoms with Gasteiger partial charge in [0.1, 0.15) is 0 Å². The molecule has 1 amide bonds. The number of hydrogen-bond acceptors (Lipinski definition) is 5. The number of amides is 1. The number of hydrogen-bond donors (Lipinski definition) is 1. The molecule has 0 atom stereocenters. The number of carbonyl (C=O) groups is 1. The number of benzene rings is 2. The van der Waals surface area contributed by atoms with Crippen LogP contribution < -0.4 is 5.32 Å². The zero-order chi connectivity index (χ0) is 21.8. The fourth-order valence-corrected chi connectivity index (χ4v) is 3.90. The second kappa shape index (κ2) is 9.13. The Morgan fingerprint density at radius 3 is 2.94 bits per heavy atom. The van der Waals surface area contributed by atoms with Crippen LogP contribution in [0.25, 0.3) is 5.69 Å². The van der Waals surface area contributed by atoms with Gasteiger partial charge >= 0.3 is 0 Å². The Labute approximate surface area is 182 Å². The van der Waals surface area contributed by atoms with E-state index in [1.165, 1.54) is 11.1 Å². The fourth-order valence-electron chi connectivity index (χ4n) is 3.90. The van der Waals surface area contributed by atoms with Crippen molar-refractivity contribution in [3.8, 4) is 18.0 Å². The van der Waals surface area contributed by atoms with Crippen LogP contribution in [0.2, 0.25) is 0 Å². The number of carbonyl (C=O) groups excluding carboxylic acids is 1. The maximum Gasteiger partial charge on any atom is 0.278 e. The van der Waals surface area contributed by atoms with Crippen molar-refractivity contribution >= 4 is 11.6 Å². The standard InChI is InChI=1S/C24H25N5O2/c1-4-18-7-5-9-20(15-18)25-24(30)23-17(2)29(27-26-23)22-10-6-8-19-16-28(13-14-31-3)12-11-21(19)22/h1,5-10,15H,11-14,16H2,2-3H3,(H,25,30). The third-order valence-electron chi connectivity index (χ3n) is 5.56. The van der Waals surface area contributed by atoms with E-state index < -0.39 is 0 Å². The lowest BCUT2D eigenvalue weighted by Gasteiger charge is -2.29. The molecule has 0 fully saturated rings. The van der Waals surface area contributed by atoms with Crippen LogP contribution >= 0.6 is 0 Å². The first kappa shape index (κ1) is 20.8. The summed E-state index contributed by atoms with van der Waals surface area (Å²) >= 11 is 0. The number of nitrogens with one attached hydrogen (secondary N) is 1. The van der Waals surface area contributed by atoms with Crippen LogP contribution in [-0.4, -0.2) is 52.6 Å². The molecule has 0 aliphatic carbocycles. The predicted octanol–water partition coefficient (Wildman–Crippen LogP) is 2.81. The van der Waals surface area contributed by atoms with Crippen molar-refractivity contribution in [1.82, 2.24) is 19.9 Å². The molecule has 3 aromatic rings. The van der Waals surface area contributed by atoms with E-state index in [0.717, 1.165) is 38.3 Å². The molecule has 1 aliphatic rings. The van der Waals surface area contributed by atoms with Gasteiger partial charge < -0.3 is 10.1 Å².